The first-order valence-corrected chi connectivity index (χ1v) is 7.54. The summed E-state index contributed by atoms with van der Waals surface area (Å²) in [5, 5.41) is 11.7. The Bertz CT molecular complexity index is 597. The van der Waals surface area contributed by atoms with Crippen LogP contribution in [-0.2, 0) is 16.0 Å². The second kappa shape index (κ2) is 8.42. The third-order valence-electron chi connectivity index (χ3n) is 3.71. The van der Waals surface area contributed by atoms with Crippen molar-refractivity contribution >= 4 is 11.9 Å². The highest BCUT2D eigenvalue weighted by Gasteiger charge is 2.27. The second-order valence-corrected chi connectivity index (χ2v) is 5.96. The summed E-state index contributed by atoms with van der Waals surface area (Å²) in [4.78, 5) is 23.0. The lowest BCUT2D eigenvalue weighted by molar-refractivity contribution is -0.146. The molecule has 0 spiro atoms. The van der Waals surface area contributed by atoms with Gasteiger partial charge in [-0.2, -0.15) is 0 Å². The van der Waals surface area contributed by atoms with Crippen molar-refractivity contribution < 1.29 is 28.9 Å². The van der Waals surface area contributed by atoms with Gasteiger partial charge in [0, 0.05) is 13.0 Å². The number of aliphatic carboxylic acids is 1. The minimum absolute atomic E-state index is 0.0736. The van der Waals surface area contributed by atoms with E-state index in [0.29, 0.717) is 23.7 Å². The Morgan fingerprint density at radius 2 is 1.71 bits per heavy atom. The van der Waals surface area contributed by atoms with Gasteiger partial charge in [-0.15, -0.1) is 0 Å². The van der Waals surface area contributed by atoms with Crippen LogP contribution < -0.4 is 19.5 Å². The summed E-state index contributed by atoms with van der Waals surface area (Å²) in [5.41, 5.74) is -0.195. The highest BCUT2D eigenvalue weighted by Crippen LogP contribution is 2.40. The van der Waals surface area contributed by atoms with E-state index < -0.39 is 11.4 Å². The molecule has 1 aromatic rings. The van der Waals surface area contributed by atoms with Crippen LogP contribution >= 0.6 is 0 Å². The van der Waals surface area contributed by atoms with Gasteiger partial charge in [0.15, 0.2) is 11.5 Å². The standard InChI is InChI=1S/C17H25NO6/c1-17(2,16(20)21)10-18-13(19)9-7-11-6-8-12(22-3)15(24-5)14(11)23-4/h6,8H,7,9-10H2,1-5H3,(H,18,19)(H,20,21). The molecule has 2 N–H and O–H groups in total. The van der Waals surface area contributed by atoms with Gasteiger partial charge in [-0.1, -0.05) is 6.07 Å². The second-order valence-electron chi connectivity index (χ2n) is 5.96. The van der Waals surface area contributed by atoms with Crippen LogP contribution in [0.25, 0.3) is 0 Å². The highest BCUT2D eigenvalue weighted by atomic mass is 16.5. The lowest BCUT2D eigenvalue weighted by Gasteiger charge is -2.19. The van der Waals surface area contributed by atoms with Gasteiger partial charge < -0.3 is 24.6 Å². The van der Waals surface area contributed by atoms with Crippen molar-refractivity contribution in [3.8, 4) is 17.2 Å². The summed E-state index contributed by atoms with van der Waals surface area (Å²) in [5.74, 6) is 0.372. The number of carbonyl (C=O) groups is 2. The van der Waals surface area contributed by atoms with Crippen molar-refractivity contribution in [1.82, 2.24) is 5.32 Å². The van der Waals surface area contributed by atoms with E-state index in [2.05, 4.69) is 5.32 Å². The first-order chi connectivity index (χ1) is 11.3. The van der Waals surface area contributed by atoms with Crippen LogP contribution in [0, 0.1) is 5.41 Å². The molecule has 0 saturated carbocycles. The van der Waals surface area contributed by atoms with E-state index >= 15 is 0 Å². The minimum atomic E-state index is -1.00. The van der Waals surface area contributed by atoms with Gasteiger partial charge in [-0.25, -0.2) is 0 Å². The SMILES string of the molecule is COc1ccc(CCC(=O)NCC(C)(C)C(=O)O)c(OC)c1OC. The Labute approximate surface area is 141 Å². The quantitative estimate of drug-likeness (QED) is 0.713. The van der Waals surface area contributed by atoms with Crippen LogP contribution in [0.5, 0.6) is 17.2 Å². The molecule has 0 aliphatic rings. The number of hydrogen-bond acceptors (Lipinski definition) is 5. The molecule has 1 amide bonds. The monoisotopic (exact) mass is 339 g/mol. The Balaban J connectivity index is 2.74. The zero-order valence-electron chi connectivity index (χ0n) is 14.8. The van der Waals surface area contributed by atoms with Crippen LogP contribution in [0.4, 0.5) is 0 Å². The van der Waals surface area contributed by atoms with Crippen molar-refractivity contribution in [1.29, 1.82) is 0 Å². The number of methoxy groups -OCH3 is 3. The van der Waals surface area contributed by atoms with Crippen molar-refractivity contribution in [2.75, 3.05) is 27.9 Å². The summed E-state index contributed by atoms with van der Waals surface area (Å²) in [7, 11) is 4.58. The van der Waals surface area contributed by atoms with Gasteiger partial charge in [0.25, 0.3) is 0 Å². The molecule has 7 nitrogen and oxygen atoms in total. The third-order valence-corrected chi connectivity index (χ3v) is 3.71. The number of rotatable bonds is 9. The predicted octanol–water partition coefficient (Wildman–Crippen LogP) is 1.87. The van der Waals surface area contributed by atoms with Gasteiger partial charge in [0.05, 0.1) is 26.7 Å². The number of aryl methyl sites for hydroxylation is 1. The number of carbonyl (C=O) groups excluding carboxylic acids is 1. The maximum Gasteiger partial charge on any atom is 0.310 e. The van der Waals surface area contributed by atoms with Gasteiger partial charge in [0.1, 0.15) is 0 Å². The van der Waals surface area contributed by atoms with Crippen LogP contribution in [0.15, 0.2) is 12.1 Å². The fourth-order valence-electron chi connectivity index (χ4n) is 2.09. The molecule has 1 aromatic carbocycles. The van der Waals surface area contributed by atoms with Crippen molar-refractivity contribution in [3.63, 3.8) is 0 Å². The van der Waals surface area contributed by atoms with E-state index in [9.17, 15) is 9.59 Å². The maximum absolute atomic E-state index is 12.0. The fourth-order valence-corrected chi connectivity index (χ4v) is 2.09. The Morgan fingerprint density at radius 3 is 2.21 bits per heavy atom. The smallest absolute Gasteiger partial charge is 0.310 e. The first kappa shape index (κ1) is 19.6. The van der Waals surface area contributed by atoms with Gasteiger partial charge in [-0.3, -0.25) is 9.59 Å². The molecule has 0 radical (unpaired) electrons. The lowest BCUT2D eigenvalue weighted by Crippen LogP contribution is -2.38. The highest BCUT2D eigenvalue weighted by molar-refractivity contribution is 5.79. The Hall–Kier alpha value is -2.44. The fraction of sp³-hybridized carbons (Fsp3) is 0.529. The van der Waals surface area contributed by atoms with Crippen molar-refractivity contribution in [2.45, 2.75) is 26.7 Å². The van der Waals surface area contributed by atoms with E-state index in [4.69, 9.17) is 19.3 Å². The molecule has 7 heteroatoms. The molecule has 0 unspecified atom stereocenters. The molecule has 24 heavy (non-hydrogen) atoms. The summed E-state index contributed by atoms with van der Waals surface area (Å²) in [6.07, 6.45) is 0.643. The van der Waals surface area contributed by atoms with Crippen LogP contribution in [0.2, 0.25) is 0 Å². The number of ether oxygens (including phenoxy) is 3. The van der Waals surface area contributed by atoms with Crippen LogP contribution in [0.1, 0.15) is 25.8 Å². The van der Waals surface area contributed by atoms with E-state index in [0.717, 1.165) is 5.56 Å². The van der Waals surface area contributed by atoms with Crippen molar-refractivity contribution in [2.24, 2.45) is 5.41 Å². The number of nitrogens with one attached hydrogen (secondary N) is 1. The number of amides is 1. The average molecular weight is 339 g/mol. The van der Waals surface area contributed by atoms with Crippen molar-refractivity contribution in [3.05, 3.63) is 17.7 Å². The zero-order chi connectivity index (χ0) is 18.3. The Morgan fingerprint density at radius 1 is 1.08 bits per heavy atom. The number of benzene rings is 1. The van der Waals surface area contributed by atoms with E-state index in [1.165, 1.54) is 21.3 Å². The van der Waals surface area contributed by atoms with E-state index in [1.807, 2.05) is 6.07 Å². The molecule has 0 fully saturated rings. The first-order valence-electron chi connectivity index (χ1n) is 7.54. The predicted molar refractivity (Wildman–Crippen MR) is 88.8 cm³/mol. The maximum atomic E-state index is 12.0. The average Bonchev–Trinajstić information content (AvgIpc) is 2.56. The van der Waals surface area contributed by atoms with Crippen LogP contribution in [-0.4, -0.2) is 44.9 Å². The molecule has 0 aromatic heterocycles. The molecule has 134 valence electrons. The molecule has 0 heterocycles. The molecule has 0 bridgehead atoms. The molecule has 0 atom stereocenters. The van der Waals surface area contributed by atoms with E-state index in [1.54, 1.807) is 19.9 Å². The topological polar surface area (TPSA) is 94.1 Å². The molecule has 0 aliphatic carbocycles. The zero-order valence-corrected chi connectivity index (χ0v) is 14.8. The number of hydrogen-bond donors (Lipinski definition) is 2. The summed E-state index contributed by atoms with van der Waals surface area (Å²) in [6, 6.07) is 3.57. The summed E-state index contributed by atoms with van der Waals surface area (Å²) < 4.78 is 15.9. The molecule has 0 aliphatic heterocycles. The van der Waals surface area contributed by atoms with Crippen LogP contribution in [0.3, 0.4) is 0 Å². The molecule has 1 rings (SSSR count). The molecular weight excluding hydrogens is 314 g/mol. The minimum Gasteiger partial charge on any atom is -0.493 e. The normalized spacial score (nSPS) is 10.9. The lowest BCUT2D eigenvalue weighted by atomic mass is 9.94. The summed E-state index contributed by atoms with van der Waals surface area (Å²) in [6.45, 7) is 3.20. The van der Waals surface area contributed by atoms with Gasteiger partial charge in [0.2, 0.25) is 11.7 Å². The summed E-state index contributed by atoms with van der Waals surface area (Å²) >= 11 is 0. The van der Waals surface area contributed by atoms with Gasteiger partial charge >= 0.3 is 5.97 Å². The molecule has 0 saturated heterocycles. The number of carboxylic acid groups (broad SMARTS) is 1. The number of carboxylic acids is 1. The van der Waals surface area contributed by atoms with Gasteiger partial charge in [-0.05, 0) is 31.9 Å². The molecular formula is C17H25NO6. The Kier molecular flexibility index (Phi) is 6.88. The van der Waals surface area contributed by atoms with E-state index in [-0.39, 0.29) is 18.9 Å². The third kappa shape index (κ3) is 4.78. The largest absolute Gasteiger partial charge is 0.493 e.